The molecule has 0 aromatic carbocycles. The van der Waals surface area contributed by atoms with Gasteiger partial charge in [-0.15, -0.1) is 0 Å². The second-order valence-corrected chi connectivity index (χ2v) is 6.58. The zero-order valence-electron chi connectivity index (χ0n) is 14.2. The Kier molecular flexibility index (Phi) is 4.91. The van der Waals surface area contributed by atoms with Gasteiger partial charge in [-0.2, -0.15) is 4.98 Å². The molecule has 1 saturated heterocycles. The number of hydrogen-bond acceptors (Lipinski definition) is 7. The van der Waals surface area contributed by atoms with Gasteiger partial charge < -0.3 is 18.9 Å². The van der Waals surface area contributed by atoms with Crippen LogP contribution in [0.5, 0.6) is 0 Å². The molecule has 0 spiro atoms. The van der Waals surface area contributed by atoms with E-state index < -0.39 is 23.8 Å². The van der Waals surface area contributed by atoms with Crippen molar-refractivity contribution in [2.45, 2.75) is 65.2 Å². The zero-order valence-corrected chi connectivity index (χ0v) is 14.2. The number of ether oxygens (including phenoxy) is 2. The van der Waals surface area contributed by atoms with Crippen molar-refractivity contribution in [2.75, 3.05) is 6.54 Å². The van der Waals surface area contributed by atoms with Gasteiger partial charge in [0.05, 0.1) is 6.04 Å². The van der Waals surface area contributed by atoms with Crippen LogP contribution < -0.4 is 0 Å². The maximum absolute atomic E-state index is 12.4. The molecule has 8 nitrogen and oxygen atoms in total. The molecule has 8 heteroatoms. The second kappa shape index (κ2) is 6.55. The number of carbonyl (C=O) groups excluding carboxylic acids is 2. The zero-order chi connectivity index (χ0) is 17.2. The van der Waals surface area contributed by atoms with E-state index in [1.807, 2.05) is 20.8 Å². The molecule has 128 valence electrons. The van der Waals surface area contributed by atoms with Gasteiger partial charge >= 0.3 is 12.1 Å². The monoisotopic (exact) mass is 325 g/mol. The lowest BCUT2D eigenvalue weighted by molar-refractivity contribution is -0.150. The Bertz CT molecular complexity index is 578. The van der Waals surface area contributed by atoms with E-state index in [4.69, 9.17) is 14.0 Å². The molecule has 1 unspecified atom stereocenters. The highest BCUT2D eigenvalue weighted by molar-refractivity contribution is 5.69. The fourth-order valence-electron chi connectivity index (χ4n) is 2.57. The van der Waals surface area contributed by atoms with E-state index in [0.717, 1.165) is 6.42 Å². The van der Waals surface area contributed by atoms with Gasteiger partial charge in [0.25, 0.3) is 0 Å². The highest BCUT2D eigenvalue weighted by Crippen LogP contribution is 2.32. The first kappa shape index (κ1) is 17.2. The summed E-state index contributed by atoms with van der Waals surface area (Å²) in [7, 11) is 0. The molecule has 1 fully saturated rings. The molecule has 0 radical (unpaired) electrons. The lowest BCUT2D eigenvalue weighted by Gasteiger charge is -2.31. The minimum absolute atomic E-state index is 0.262. The highest BCUT2D eigenvalue weighted by Gasteiger charge is 2.41. The number of aryl methyl sites for hydroxylation is 1. The Balaban J connectivity index is 2.22. The summed E-state index contributed by atoms with van der Waals surface area (Å²) < 4.78 is 15.8. The molecule has 1 aromatic rings. The molecule has 2 rings (SSSR count). The molecule has 23 heavy (non-hydrogen) atoms. The van der Waals surface area contributed by atoms with Crippen molar-refractivity contribution in [2.24, 2.45) is 0 Å². The smallest absolute Gasteiger partial charge is 0.410 e. The first-order chi connectivity index (χ1) is 10.7. The van der Waals surface area contributed by atoms with Crippen LogP contribution in [0.1, 0.15) is 58.4 Å². The van der Waals surface area contributed by atoms with Crippen molar-refractivity contribution in [3.63, 3.8) is 0 Å². The Morgan fingerprint density at radius 2 is 2.09 bits per heavy atom. The molecule has 2 heterocycles. The Labute approximate surface area is 135 Å². The minimum Gasteiger partial charge on any atom is -0.452 e. The first-order valence-corrected chi connectivity index (χ1v) is 7.64. The molecule has 0 saturated carbocycles. The number of carbonyl (C=O) groups is 2. The molecule has 0 aliphatic carbocycles. The molecule has 0 N–H and O–H groups in total. The average Bonchev–Trinajstić information content (AvgIpc) is 3.02. The average molecular weight is 325 g/mol. The van der Waals surface area contributed by atoms with Gasteiger partial charge in [-0.05, 0) is 33.6 Å². The summed E-state index contributed by atoms with van der Waals surface area (Å²) in [5, 5.41) is 3.84. The van der Waals surface area contributed by atoms with Gasteiger partial charge in [-0.3, -0.25) is 4.79 Å². The number of likely N-dealkylation sites (tertiary alicyclic amines) is 1. The van der Waals surface area contributed by atoms with Crippen molar-refractivity contribution in [3.8, 4) is 0 Å². The van der Waals surface area contributed by atoms with E-state index in [-0.39, 0.29) is 11.9 Å². The molecule has 1 aliphatic heterocycles. The lowest BCUT2D eigenvalue weighted by atomic mass is 10.1. The van der Waals surface area contributed by atoms with Crippen LogP contribution in [0.4, 0.5) is 4.79 Å². The summed E-state index contributed by atoms with van der Waals surface area (Å²) in [4.78, 5) is 29.6. The third kappa shape index (κ3) is 4.43. The van der Waals surface area contributed by atoms with Gasteiger partial charge in [0.2, 0.25) is 11.7 Å². The van der Waals surface area contributed by atoms with Crippen molar-refractivity contribution in [1.29, 1.82) is 0 Å². The van der Waals surface area contributed by atoms with Gasteiger partial charge in [-0.25, -0.2) is 4.79 Å². The maximum atomic E-state index is 12.4. The van der Waals surface area contributed by atoms with Crippen LogP contribution >= 0.6 is 0 Å². The summed E-state index contributed by atoms with van der Waals surface area (Å²) in [6, 6.07) is -0.370. The number of nitrogens with zero attached hydrogens (tertiary/aromatic N) is 3. The van der Waals surface area contributed by atoms with Gasteiger partial charge in [0.1, 0.15) is 5.60 Å². The van der Waals surface area contributed by atoms with Gasteiger partial charge in [-0.1, -0.05) is 5.16 Å². The SMILES string of the molecule is CC(=O)OC(c1noc(C)n1)[C@@H]1CCCN1C(=O)OC(C)(C)C. The van der Waals surface area contributed by atoms with Gasteiger partial charge in [0, 0.05) is 20.4 Å². The predicted octanol–water partition coefficient (Wildman–Crippen LogP) is 2.38. The van der Waals surface area contributed by atoms with Crippen molar-refractivity contribution < 1.29 is 23.6 Å². The molecule has 1 aromatic heterocycles. The van der Waals surface area contributed by atoms with Gasteiger partial charge in [0.15, 0.2) is 6.10 Å². The standard InChI is InChI=1S/C15H23N3O5/c1-9-16-13(17-23-9)12(21-10(2)19)11-7-6-8-18(11)14(20)22-15(3,4)5/h11-12H,6-8H2,1-5H3/t11-,12?/m0/s1. The highest BCUT2D eigenvalue weighted by atomic mass is 16.6. The summed E-state index contributed by atoms with van der Waals surface area (Å²) >= 11 is 0. The Hall–Kier alpha value is -2.12. The van der Waals surface area contributed by atoms with Crippen LogP contribution in [-0.4, -0.2) is 45.3 Å². The number of amides is 1. The summed E-state index contributed by atoms with van der Waals surface area (Å²) in [5.41, 5.74) is -0.593. The van der Waals surface area contributed by atoms with E-state index in [1.165, 1.54) is 6.92 Å². The normalized spacial score (nSPS) is 19.5. The fourth-order valence-corrected chi connectivity index (χ4v) is 2.57. The quantitative estimate of drug-likeness (QED) is 0.787. The first-order valence-electron chi connectivity index (χ1n) is 7.64. The van der Waals surface area contributed by atoms with Crippen LogP contribution in [0.3, 0.4) is 0 Å². The van der Waals surface area contributed by atoms with E-state index in [1.54, 1.807) is 11.8 Å². The molecule has 1 aliphatic rings. The molecular weight excluding hydrogens is 302 g/mol. The van der Waals surface area contributed by atoms with E-state index in [9.17, 15) is 9.59 Å². The minimum atomic E-state index is -0.764. The second-order valence-electron chi connectivity index (χ2n) is 6.58. The third-order valence-corrected chi connectivity index (χ3v) is 3.37. The van der Waals surface area contributed by atoms with Crippen LogP contribution in [0, 0.1) is 6.92 Å². The summed E-state index contributed by atoms with van der Waals surface area (Å²) in [6.07, 6.45) is 0.265. The molecule has 2 atom stereocenters. The molecule has 0 bridgehead atoms. The van der Waals surface area contributed by atoms with Crippen LogP contribution in [0.2, 0.25) is 0 Å². The number of hydrogen-bond donors (Lipinski definition) is 0. The largest absolute Gasteiger partial charge is 0.452 e. The number of rotatable bonds is 3. The lowest BCUT2D eigenvalue weighted by Crippen LogP contribution is -2.43. The maximum Gasteiger partial charge on any atom is 0.410 e. The van der Waals surface area contributed by atoms with E-state index in [0.29, 0.717) is 18.9 Å². The van der Waals surface area contributed by atoms with Crippen molar-refractivity contribution in [1.82, 2.24) is 15.0 Å². The van der Waals surface area contributed by atoms with E-state index >= 15 is 0 Å². The summed E-state index contributed by atoms with van der Waals surface area (Å²) in [6.45, 7) is 8.93. The summed E-state index contributed by atoms with van der Waals surface area (Å²) in [5.74, 6) is 0.172. The predicted molar refractivity (Wildman–Crippen MR) is 79.5 cm³/mol. The van der Waals surface area contributed by atoms with E-state index in [2.05, 4.69) is 10.1 Å². The molecule has 1 amide bonds. The Morgan fingerprint density at radius 3 is 2.61 bits per heavy atom. The number of aromatic nitrogens is 2. The van der Waals surface area contributed by atoms with Crippen molar-refractivity contribution >= 4 is 12.1 Å². The fraction of sp³-hybridized carbons (Fsp3) is 0.733. The molecular formula is C15H23N3O5. The topological polar surface area (TPSA) is 94.8 Å². The Morgan fingerprint density at radius 1 is 1.39 bits per heavy atom. The van der Waals surface area contributed by atoms with Crippen LogP contribution in [0.15, 0.2) is 4.52 Å². The number of esters is 1. The third-order valence-electron chi connectivity index (χ3n) is 3.37. The van der Waals surface area contributed by atoms with Crippen LogP contribution in [0.25, 0.3) is 0 Å². The van der Waals surface area contributed by atoms with Crippen LogP contribution in [-0.2, 0) is 14.3 Å². The van der Waals surface area contributed by atoms with Crippen molar-refractivity contribution in [3.05, 3.63) is 11.7 Å².